The number of carbonyl (C=O) groups is 1. The minimum atomic E-state index is -4.28. The molecule has 0 spiro atoms. The summed E-state index contributed by atoms with van der Waals surface area (Å²) < 4.78 is 43.9. The molecule has 1 heterocycles. The number of nitriles is 1. The molecule has 2 rings (SSSR count). The molecule has 0 saturated carbocycles. The summed E-state index contributed by atoms with van der Waals surface area (Å²) in [6.45, 7) is 1.51. The first kappa shape index (κ1) is 17.1. The quantitative estimate of drug-likeness (QED) is 0.857. The highest BCUT2D eigenvalue weighted by atomic mass is 19.4. The van der Waals surface area contributed by atoms with Gasteiger partial charge >= 0.3 is 6.18 Å². The van der Waals surface area contributed by atoms with Gasteiger partial charge < -0.3 is 9.64 Å². The Hall–Kier alpha value is -2.23. The number of carbonyl (C=O) groups excluding carboxylic acids is 1. The maximum absolute atomic E-state index is 12.8. The van der Waals surface area contributed by atoms with E-state index in [2.05, 4.69) is 0 Å². The molecule has 0 N–H and O–H groups in total. The number of piperidine rings is 1. The molecule has 0 aromatic heterocycles. The molecule has 1 aromatic carbocycles. The van der Waals surface area contributed by atoms with E-state index in [0.29, 0.717) is 24.3 Å². The molecule has 124 valence electrons. The summed E-state index contributed by atoms with van der Waals surface area (Å²) in [5.74, 6) is -1.53. The Labute approximate surface area is 132 Å². The Kier molecular flexibility index (Phi) is 5.14. The van der Waals surface area contributed by atoms with E-state index in [1.54, 1.807) is 24.3 Å². The molecule has 1 amide bonds. The fourth-order valence-electron chi connectivity index (χ4n) is 2.56. The molecule has 0 unspecified atom stereocenters. The number of hydrogen-bond acceptors (Lipinski definition) is 3. The van der Waals surface area contributed by atoms with Gasteiger partial charge in [-0.1, -0.05) is 0 Å². The van der Waals surface area contributed by atoms with Gasteiger partial charge in [0.15, 0.2) is 6.10 Å². The molecule has 1 aliphatic rings. The van der Waals surface area contributed by atoms with Gasteiger partial charge in [-0.3, -0.25) is 4.79 Å². The summed E-state index contributed by atoms with van der Waals surface area (Å²) in [5, 5.41) is 8.72. The van der Waals surface area contributed by atoms with Gasteiger partial charge in [-0.05, 0) is 44.0 Å². The molecule has 1 aromatic rings. The number of alkyl halides is 3. The normalized spacial score (nSPS) is 19.8. The summed E-state index contributed by atoms with van der Waals surface area (Å²) in [7, 11) is 0. The molecular formula is C16H17F3N2O2. The molecule has 4 nitrogen and oxygen atoms in total. The van der Waals surface area contributed by atoms with Crippen molar-refractivity contribution in [3.05, 3.63) is 29.8 Å². The topological polar surface area (TPSA) is 53.3 Å². The predicted octanol–water partition coefficient (Wildman–Crippen LogP) is 3.13. The largest absolute Gasteiger partial charge is 0.481 e. The van der Waals surface area contributed by atoms with E-state index >= 15 is 0 Å². The Bertz CT molecular complexity index is 593. The first-order valence-electron chi connectivity index (χ1n) is 7.33. The van der Waals surface area contributed by atoms with E-state index in [4.69, 9.17) is 10.00 Å². The van der Waals surface area contributed by atoms with Crippen molar-refractivity contribution >= 4 is 5.91 Å². The van der Waals surface area contributed by atoms with Gasteiger partial charge in [0.2, 0.25) is 0 Å². The van der Waals surface area contributed by atoms with E-state index in [0.717, 1.165) is 0 Å². The molecular weight excluding hydrogens is 309 g/mol. The molecule has 23 heavy (non-hydrogen) atoms. The van der Waals surface area contributed by atoms with Crippen LogP contribution < -0.4 is 4.74 Å². The first-order chi connectivity index (χ1) is 10.8. The summed E-state index contributed by atoms with van der Waals surface area (Å²) in [5.41, 5.74) is 0.459. The second-order valence-corrected chi connectivity index (χ2v) is 5.56. The van der Waals surface area contributed by atoms with Crippen molar-refractivity contribution < 1.29 is 22.7 Å². The van der Waals surface area contributed by atoms with Crippen LogP contribution in [0.4, 0.5) is 13.2 Å². The second kappa shape index (κ2) is 6.90. The van der Waals surface area contributed by atoms with Crippen molar-refractivity contribution in [3.8, 4) is 11.8 Å². The number of nitrogens with zero attached hydrogens (tertiary/aromatic N) is 2. The van der Waals surface area contributed by atoms with Crippen LogP contribution in [0, 0.1) is 17.2 Å². The van der Waals surface area contributed by atoms with Crippen molar-refractivity contribution in [1.29, 1.82) is 5.26 Å². The Morgan fingerprint density at radius 2 is 2.04 bits per heavy atom. The Morgan fingerprint density at radius 1 is 1.39 bits per heavy atom. The molecule has 7 heteroatoms. The third-order valence-corrected chi connectivity index (χ3v) is 3.84. The van der Waals surface area contributed by atoms with Crippen molar-refractivity contribution in [2.75, 3.05) is 13.1 Å². The van der Waals surface area contributed by atoms with Crippen LogP contribution in [-0.4, -0.2) is 36.2 Å². The first-order valence-corrected chi connectivity index (χ1v) is 7.33. The average Bonchev–Trinajstić information content (AvgIpc) is 2.54. The Morgan fingerprint density at radius 3 is 2.61 bits per heavy atom. The van der Waals surface area contributed by atoms with Crippen LogP contribution in [0.15, 0.2) is 24.3 Å². The van der Waals surface area contributed by atoms with Crippen LogP contribution in [-0.2, 0) is 4.79 Å². The zero-order chi connectivity index (χ0) is 17.0. The second-order valence-electron chi connectivity index (χ2n) is 5.56. The lowest BCUT2D eigenvalue weighted by Gasteiger charge is -2.35. The summed E-state index contributed by atoms with van der Waals surface area (Å²) >= 11 is 0. The van der Waals surface area contributed by atoms with Crippen molar-refractivity contribution in [3.63, 3.8) is 0 Å². The van der Waals surface area contributed by atoms with Gasteiger partial charge in [0.25, 0.3) is 5.91 Å². The number of amides is 1. The number of likely N-dealkylation sites (tertiary alicyclic amines) is 1. The summed E-state index contributed by atoms with van der Waals surface area (Å²) in [4.78, 5) is 13.5. The maximum Gasteiger partial charge on any atom is 0.393 e. The van der Waals surface area contributed by atoms with Gasteiger partial charge in [-0.25, -0.2) is 0 Å². The van der Waals surface area contributed by atoms with Gasteiger partial charge in [-0.15, -0.1) is 0 Å². The molecule has 0 aliphatic carbocycles. The Balaban J connectivity index is 1.97. The van der Waals surface area contributed by atoms with Crippen LogP contribution in [0.1, 0.15) is 25.3 Å². The van der Waals surface area contributed by atoms with Crippen LogP contribution in [0.5, 0.6) is 5.75 Å². The SMILES string of the molecule is C[C@H](Oc1ccc(C#N)cc1)C(=O)N1CCC[C@H](C(F)(F)F)C1. The van der Waals surface area contributed by atoms with Crippen molar-refractivity contribution in [2.45, 2.75) is 32.0 Å². The lowest BCUT2D eigenvalue weighted by Crippen LogP contribution is -2.48. The van der Waals surface area contributed by atoms with Gasteiger partial charge in [-0.2, -0.15) is 18.4 Å². The number of hydrogen-bond donors (Lipinski definition) is 0. The molecule has 0 radical (unpaired) electrons. The number of halogens is 3. The molecule has 0 bridgehead atoms. The smallest absolute Gasteiger partial charge is 0.393 e. The lowest BCUT2D eigenvalue weighted by molar-refractivity contribution is -0.189. The van der Waals surface area contributed by atoms with E-state index in [-0.39, 0.29) is 13.0 Å². The monoisotopic (exact) mass is 326 g/mol. The minimum Gasteiger partial charge on any atom is -0.481 e. The zero-order valence-corrected chi connectivity index (χ0v) is 12.6. The highest BCUT2D eigenvalue weighted by Gasteiger charge is 2.43. The summed E-state index contributed by atoms with van der Waals surface area (Å²) in [6.07, 6.45) is -4.77. The van der Waals surface area contributed by atoms with E-state index in [9.17, 15) is 18.0 Å². The van der Waals surface area contributed by atoms with Gasteiger partial charge in [0.05, 0.1) is 17.6 Å². The average molecular weight is 326 g/mol. The van der Waals surface area contributed by atoms with Crippen molar-refractivity contribution in [2.24, 2.45) is 5.92 Å². The van der Waals surface area contributed by atoms with E-state index in [1.807, 2.05) is 6.07 Å². The van der Waals surface area contributed by atoms with Gasteiger partial charge in [0, 0.05) is 13.1 Å². The molecule has 1 fully saturated rings. The van der Waals surface area contributed by atoms with E-state index in [1.165, 1.54) is 11.8 Å². The third-order valence-electron chi connectivity index (χ3n) is 3.84. The number of rotatable bonds is 3. The van der Waals surface area contributed by atoms with E-state index < -0.39 is 24.1 Å². The minimum absolute atomic E-state index is 0.0537. The third kappa shape index (κ3) is 4.38. The summed E-state index contributed by atoms with van der Waals surface area (Å²) in [6, 6.07) is 8.17. The van der Waals surface area contributed by atoms with Crippen LogP contribution in [0.25, 0.3) is 0 Å². The highest BCUT2D eigenvalue weighted by molar-refractivity contribution is 5.81. The predicted molar refractivity (Wildman–Crippen MR) is 76.6 cm³/mol. The fourth-order valence-corrected chi connectivity index (χ4v) is 2.56. The van der Waals surface area contributed by atoms with Crippen molar-refractivity contribution in [1.82, 2.24) is 4.90 Å². The van der Waals surface area contributed by atoms with Crippen LogP contribution in [0.3, 0.4) is 0 Å². The van der Waals surface area contributed by atoms with Crippen LogP contribution >= 0.6 is 0 Å². The highest BCUT2D eigenvalue weighted by Crippen LogP contribution is 2.33. The lowest BCUT2D eigenvalue weighted by atomic mass is 9.97. The molecule has 1 saturated heterocycles. The maximum atomic E-state index is 12.8. The number of benzene rings is 1. The zero-order valence-electron chi connectivity index (χ0n) is 12.6. The van der Waals surface area contributed by atoms with Crippen LogP contribution in [0.2, 0.25) is 0 Å². The standard InChI is InChI=1S/C16H17F3N2O2/c1-11(23-14-6-4-12(9-20)5-7-14)15(22)21-8-2-3-13(10-21)16(17,18)19/h4-7,11,13H,2-3,8,10H2,1H3/t11-,13-/m0/s1. The number of ether oxygens (including phenoxy) is 1. The molecule has 1 aliphatic heterocycles. The molecule has 2 atom stereocenters. The fraction of sp³-hybridized carbons (Fsp3) is 0.500. The van der Waals surface area contributed by atoms with Gasteiger partial charge in [0.1, 0.15) is 5.75 Å².